The van der Waals surface area contributed by atoms with E-state index in [0.717, 1.165) is 38.9 Å². The first-order valence-electron chi connectivity index (χ1n) is 6.84. The van der Waals surface area contributed by atoms with Crippen LogP contribution < -0.4 is 5.32 Å². The van der Waals surface area contributed by atoms with E-state index in [1.165, 1.54) is 0 Å². The number of amides is 1. The number of hydrogen-bond donors (Lipinski definition) is 1. The topological polar surface area (TPSA) is 41.6 Å². The molecule has 0 aliphatic carbocycles. The van der Waals surface area contributed by atoms with E-state index in [9.17, 15) is 4.79 Å². The fourth-order valence-electron chi connectivity index (χ4n) is 2.63. The van der Waals surface area contributed by atoms with Gasteiger partial charge in [0.1, 0.15) is 0 Å². The summed E-state index contributed by atoms with van der Waals surface area (Å²) in [6.07, 6.45) is 3.37. The Balaban J connectivity index is 1.86. The Labute approximate surface area is 104 Å². The van der Waals surface area contributed by atoms with Crippen LogP contribution in [0.1, 0.15) is 33.1 Å². The highest BCUT2D eigenvalue weighted by Crippen LogP contribution is 2.19. The van der Waals surface area contributed by atoms with E-state index in [-0.39, 0.29) is 12.0 Å². The molecule has 4 nitrogen and oxygen atoms in total. The van der Waals surface area contributed by atoms with E-state index >= 15 is 0 Å². The Morgan fingerprint density at radius 2 is 2.29 bits per heavy atom. The number of carbonyl (C=O) groups excluding carboxylic acids is 1. The van der Waals surface area contributed by atoms with Gasteiger partial charge in [0.2, 0.25) is 5.91 Å². The third kappa shape index (κ3) is 3.19. The third-order valence-corrected chi connectivity index (χ3v) is 3.92. The zero-order valence-electron chi connectivity index (χ0n) is 10.9. The minimum Gasteiger partial charge on any atom is -0.375 e. The minimum atomic E-state index is 0.182. The molecule has 2 rings (SSSR count). The maximum Gasteiger partial charge on any atom is 0.227 e. The Hall–Kier alpha value is -0.610. The second-order valence-electron chi connectivity index (χ2n) is 5.27. The second kappa shape index (κ2) is 5.83. The number of carbonyl (C=O) groups is 1. The SMILES string of the molecule is CCC1CN(C(=O)C2CCC(C)NC2)CCO1. The zero-order valence-corrected chi connectivity index (χ0v) is 10.9. The van der Waals surface area contributed by atoms with Crippen molar-refractivity contribution >= 4 is 5.91 Å². The van der Waals surface area contributed by atoms with Gasteiger partial charge in [-0.25, -0.2) is 0 Å². The fraction of sp³-hybridized carbons (Fsp3) is 0.923. The number of morpholine rings is 1. The molecule has 1 N–H and O–H groups in total. The number of rotatable bonds is 2. The number of nitrogens with zero attached hydrogens (tertiary/aromatic N) is 1. The van der Waals surface area contributed by atoms with Gasteiger partial charge in [-0.2, -0.15) is 0 Å². The van der Waals surface area contributed by atoms with Crippen molar-refractivity contribution in [2.75, 3.05) is 26.2 Å². The molecular formula is C13H24N2O2. The summed E-state index contributed by atoms with van der Waals surface area (Å²) >= 11 is 0. The lowest BCUT2D eigenvalue weighted by Gasteiger charge is -2.36. The van der Waals surface area contributed by atoms with Crippen molar-refractivity contribution in [1.82, 2.24) is 10.2 Å². The van der Waals surface area contributed by atoms with E-state index in [1.54, 1.807) is 0 Å². The maximum absolute atomic E-state index is 12.4. The monoisotopic (exact) mass is 240 g/mol. The molecule has 0 bridgehead atoms. The molecule has 0 aromatic rings. The lowest BCUT2D eigenvalue weighted by atomic mass is 9.94. The van der Waals surface area contributed by atoms with Crippen molar-refractivity contribution in [3.05, 3.63) is 0 Å². The fourth-order valence-corrected chi connectivity index (χ4v) is 2.63. The van der Waals surface area contributed by atoms with Gasteiger partial charge < -0.3 is 15.0 Å². The highest BCUT2D eigenvalue weighted by atomic mass is 16.5. The molecule has 98 valence electrons. The maximum atomic E-state index is 12.4. The van der Waals surface area contributed by atoms with Gasteiger partial charge in [0.15, 0.2) is 0 Å². The van der Waals surface area contributed by atoms with E-state index < -0.39 is 0 Å². The lowest BCUT2D eigenvalue weighted by molar-refractivity contribution is -0.143. The zero-order chi connectivity index (χ0) is 12.3. The van der Waals surface area contributed by atoms with Gasteiger partial charge >= 0.3 is 0 Å². The van der Waals surface area contributed by atoms with Crippen molar-refractivity contribution in [1.29, 1.82) is 0 Å². The summed E-state index contributed by atoms with van der Waals surface area (Å²) in [5.41, 5.74) is 0. The molecule has 3 unspecified atom stereocenters. The summed E-state index contributed by atoms with van der Waals surface area (Å²) in [5, 5.41) is 3.40. The normalized spacial score (nSPS) is 34.7. The highest BCUT2D eigenvalue weighted by molar-refractivity contribution is 5.79. The van der Waals surface area contributed by atoms with Crippen LogP contribution in [0.15, 0.2) is 0 Å². The molecule has 0 aromatic heterocycles. The molecule has 2 heterocycles. The summed E-state index contributed by atoms with van der Waals surface area (Å²) in [7, 11) is 0. The summed E-state index contributed by atoms with van der Waals surface area (Å²) in [6.45, 7) is 7.38. The number of piperidine rings is 1. The van der Waals surface area contributed by atoms with Crippen molar-refractivity contribution in [3.63, 3.8) is 0 Å². The van der Waals surface area contributed by atoms with Gasteiger partial charge in [-0.1, -0.05) is 6.92 Å². The molecule has 0 radical (unpaired) electrons. The van der Waals surface area contributed by atoms with Crippen molar-refractivity contribution in [2.24, 2.45) is 5.92 Å². The van der Waals surface area contributed by atoms with Crippen molar-refractivity contribution < 1.29 is 9.53 Å². The average Bonchev–Trinajstić information content (AvgIpc) is 2.39. The minimum absolute atomic E-state index is 0.182. The molecule has 2 saturated heterocycles. The largest absolute Gasteiger partial charge is 0.375 e. The summed E-state index contributed by atoms with van der Waals surface area (Å²) in [6, 6.07) is 0.562. The first-order valence-corrected chi connectivity index (χ1v) is 6.84. The average molecular weight is 240 g/mol. The van der Waals surface area contributed by atoms with Crippen LogP contribution in [0.4, 0.5) is 0 Å². The third-order valence-electron chi connectivity index (χ3n) is 3.92. The van der Waals surface area contributed by atoms with Crippen LogP contribution in [0, 0.1) is 5.92 Å². The first kappa shape index (κ1) is 12.8. The molecule has 2 aliphatic rings. The van der Waals surface area contributed by atoms with E-state index in [2.05, 4.69) is 19.2 Å². The molecule has 0 aromatic carbocycles. The smallest absolute Gasteiger partial charge is 0.227 e. The quantitative estimate of drug-likeness (QED) is 0.783. The number of ether oxygens (including phenoxy) is 1. The predicted molar refractivity (Wildman–Crippen MR) is 66.8 cm³/mol. The van der Waals surface area contributed by atoms with Crippen LogP contribution in [0.25, 0.3) is 0 Å². The van der Waals surface area contributed by atoms with Gasteiger partial charge in [-0.3, -0.25) is 4.79 Å². The van der Waals surface area contributed by atoms with Crippen LogP contribution in [-0.2, 0) is 9.53 Å². The lowest BCUT2D eigenvalue weighted by Crippen LogP contribution is -2.51. The summed E-state index contributed by atoms with van der Waals surface area (Å²) < 4.78 is 5.60. The molecule has 2 fully saturated rings. The first-order chi connectivity index (χ1) is 8.20. The van der Waals surface area contributed by atoms with Gasteiger partial charge in [-0.15, -0.1) is 0 Å². The molecular weight excluding hydrogens is 216 g/mol. The van der Waals surface area contributed by atoms with Gasteiger partial charge in [0.05, 0.1) is 18.6 Å². The Kier molecular flexibility index (Phi) is 4.40. The molecule has 17 heavy (non-hydrogen) atoms. The molecule has 2 aliphatic heterocycles. The van der Waals surface area contributed by atoms with Crippen LogP contribution >= 0.6 is 0 Å². The van der Waals surface area contributed by atoms with Crippen LogP contribution in [0.5, 0.6) is 0 Å². The Morgan fingerprint density at radius 1 is 1.47 bits per heavy atom. The Bertz CT molecular complexity index is 262. The number of hydrogen-bond acceptors (Lipinski definition) is 3. The van der Waals surface area contributed by atoms with Gasteiger partial charge in [0, 0.05) is 25.7 Å². The van der Waals surface area contributed by atoms with Crippen molar-refractivity contribution in [3.8, 4) is 0 Å². The summed E-state index contributed by atoms with van der Waals surface area (Å²) in [5.74, 6) is 0.507. The van der Waals surface area contributed by atoms with Crippen LogP contribution in [-0.4, -0.2) is 49.2 Å². The van der Waals surface area contributed by atoms with E-state index in [4.69, 9.17) is 4.74 Å². The highest BCUT2D eigenvalue weighted by Gasteiger charge is 2.30. The molecule has 0 saturated carbocycles. The summed E-state index contributed by atoms with van der Waals surface area (Å²) in [4.78, 5) is 14.4. The molecule has 3 atom stereocenters. The van der Waals surface area contributed by atoms with Gasteiger partial charge in [0.25, 0.3) is 0 Å². The number of nitrogens with one attached hydrogen (secondary N) is 1. The molecule has 1 amide bonds. The van der Waals surface area contributed by atoms with E-state index in [1.807, 2.05) is 4.90 Å². The van der Waals surface area contributed by atoms with Crippen molar-refractivity contribution in [2.45, 2.75) is 45.3 Å². The van der Waals surface area contributed by atoms with E-state index in [0.29, 0.717) is 18.6 Å². The van der Waals surface area contributed by atoms with Crippen LogP contribution in [0.2, 0.25) is 0 Å². The molecule has 4 heteroatoms. The standard InChI is InChI=1S/C13H24N2O2/c1-3-12-9-15(6-7-17-12)13(16)11-5-4-10(2)14-8-11/h10-12,14H,3-9H2,1-2H3. The second-order valence-corrected chi connectivity index (χ2v) is 5.27. The Morgan fingerprint density at radius 3 is 2.94 bits per heavy atom. The van der Waals surface area contributed by atoms with Crippen LogP contribution in [0.3, 0.4) is 0 Å². The predicted octanol–water partition coefficient (Wildman–Crippen LogP) is 1.01. The molecule has 0 spiro atoms. The van der Waals surface area contributed by atoms with Gasteiger partial charge in [-0.05, 0) is 26.2 Å².